The zero-order valence-electron chi connectivity index (χ0n) is 13.9. The van der Waals surface area contributed by atoms with Crippen LogP contribution in [0, 0.1) is 0 Å². The molecule has 3 aliphatic rings. The Hall–Kier alpha value is -0.680. The van der Waals surface area contributed by atoms with E-state index in [9.17, 15) is 0 Å². The number of piperidine rings is 1. The van der Waals surface area contributed by atoms with E-state index in [1.54, 1.807) is 11.3 Å². The first-order chi connectivity index (χ1) is 11.0. The van der Waals surface area contributed by atoms with Gasteiger partial charge in [-0.25, -0.2) is 0 Å². The molecule has 1 fully saturated rings. The first-order valence-corrected chi connectivity index (χ1v) is 9.59. The first kappa shape index (κ1) is 15.8. The standard InChI is InChI=1S/C18H23ClN2OS/c1-10-6-14(21-12(10)3)15-9-18(8-11(2)20-15)17-13(4-5-22-18)7-16(19)23-17/h7,11,15,20H,4-6,8-9H2,1-3H3. The summed E-state index contributed by atoms with van der Waals surface area (Å²) < 4.78 is 7.29. The lowest BCUT2D eigenvalue weighted by Crippen LogP contribution is -2.55. The molecule has 1 N–H and O–H groups in total. The quantitative estimate of drug-likeness (QED) is 0.811. The Morgan fingerprint density at radius 3 is 2.96 bits per heavy atom. The van der Waals surface area contributed by atoms with Crippen LogP contribution in [0.1, 0.15) is 50.5 Å². The minimum Gasteiger partial charge on any atom is -0.369 e. The van der Waals surface area contributed by atoms with E-state index in [0.717, 1.165) is 36.6 Å². The summed E-state index contributed by atoms with van der Waals surface area (Å²) in [5.74, 6) is 0. The predicted octanol–water partition coefficient (Wildman–Crippen LogP) is 4.45. The first-order valence-electron chi connectivity index (χ1n) is 8.39. The number of halogens is 1. The second kappa shape index (κ2) is 5.69. The summed E-state index contributed by atoms with van der Waals surface area (Å²) in [7, 11) is 0. The van der Waals surface area contributed by atoms with Gasteiger partial charge in [0.2, 0.25) is 0 Å². The lowest BCUT2D eigenvalue weighted by atomic mass is 9.78. The van der Waals surface area contributed by atoms with Crippen molar-refractivity contribution in [3.05, 3.63) is 32.1 Å². The van der Waals surface area contributed by atoms with Gasteiger partial charge in [-0.05, 0) is 50.8 Å². The zero-order valence-corrected chi connectivity index (χ0v) is 15.5. The Kier molecular flexibility index (Phi) is 3.92. The van der Waals surface area contributed by atoms with E-state index in [2.05, 4.69) is 32.2 Å². The average molecular weight is 351 g/mol. The molecule has 3 unspecified atom stereocenters. The maximum atomic E-state index is 6.40. The molecule has 23 heavy (non-hydrogen) atoms. The molecule has 1 aromatic rings. The predicted molar refractivity (Wildman–Crippen MR) is 96.7 cm³/mol. The maximum absolute atomic E-state index is 6.40. The molecule has 0 aromatic carbocycles. The molecule has 5 heteroatoms. The lowest BCUT2D eigenvalue weighted by Gasteiger charge is -2.46. The highest BCUT2D eigenvalue weighted by atomic mass is 35.5. The van der Waals surface area contributed by atoms with E-state index < -0.39 is 0 Å². The second-order valence-electron chi connectivity index (χ2n) is 7.17. The third-order valence-corrected chi connectivity index (χ3v) is 6.87. The van der Waals surface area contributed by atoms with Crippen molar-refractivity contribution in [2.75, 3.05) is 6.61 Å². The van der Waals surface area contributed by atoms with Crippen molar-refractivity contribution < 1.29 is 4.74 Å². The lowest BCUT2D eigenvalue weighted by molar-refractivity contribution is -0.0895. The van der Waals surface area contributed by atoms with Gasteiger partial charge in [-0.2, -0.15) is 0 Å². The van der Waals surface area contributed by atoms with Crippen LogP contribution in [-0.4, -0.2) is 24.4 Å². The van der Waals surface area contributed by atoms with Crippen LogP contribution in [0.15, 0.2) is 22.3 Å². The fourth-order valence-electron chi connectivity index (χ4n) is 4.23. The summed E-state index contributed by atoms with van der Waals surface area (Å²) >= 11 is 8.01. The summed E-state index contributed by atoms with van der Waals surface area (Å²) in [6, 6.07) is 2.83. The van der Waals surface area contributed by atoms with Crippen molar-refractivity contribution >= 4 is 28.6 Å². The Labute approximate surface area is 146 Å². The van der Waals surface area contributed by atoms with Crippen LogP contribution in [0.25, 0.3) is 0 Å². The highest BCUT2D eigenvalue weighted by Crippen LogP contribution is 2.48. The Morgan fingerprint density at radius 2 is 2.22 bits per heavy atom. The highest BCUT2D eigenvalue weighted by molar-refractivity contribution is 7.16. The molecule has 0 saturated carbocycles. The second-order valence-corrected chi connectivity index (χ2v) is 8.86. The third-order valence-electron chi connectivity index (χ3n) is 5.38. The van der Waals surface area contributed by atoms with E-state index in [1.807, 2.05) is 0 Å². The van der Waals surface area contributed by atoms with Crippen molar-refractivity contribution in [2.24, 2.45) is 4.99 Å². The normalized spacial score (nSPS) is 34.0. The van der Waals surface area contributed by atoms with Gasteiger partial charge in [0.1, 0.15) is 5.60 Å². The largest absolute Gasteiger partial charge is 0.369 e. The third kappa shape index (κ3) is 2.70. The molecule has 0 radical (unpaired) electrons. The van der Waals surface area contributed by atoms with Crippen LogP contribution in [-0.2, 0) is 16.8 Å². The molecule has 1 spiro atoms. The van der Waals surface area contributed by atoms with Crippen LogP contribution in [0.5, 0.6) is 0 Å². The number of hydrogen-bond donors (Lipinski definition) is 1. The summed E-state index contributed by atoms with van der Waals surface area (Å²) in [6.07, 6.45) is 3.93. The van der Waals surface area contributed by atoms with Crippen LogP contribution in [0.2, 0.25) is 4.34 Å². The van der Waals surface area contributed by atoms with Crippen molar-refractivity contribution in [1.82, 2.24) is 5.32 Å². The molecule has 4 heterocycles. The van der Waals surface area contributed by atoms with Gasteiger partial charge in [-0.3, -0.25) is 4.99 Å². The molecule has 1 saturated heterocycles. The van der Waals surface area contributed by atoms with E-state index in [4.69, 9.17) is 21.3 Å². The fraction of sp³-hybridized carbons (Fsp3) is 0.611. The Bertz CT molecular complexity index is 708. The summed E-state index contributed by atoms with van der Waals surface area (Å²) in [4.78, 5) is 6.18. The van der Waals surface area contributed by atoms with Gasteiger partial charge in [0, 0.05) is 41.2 Å². The Morgan fingerprint density at radius 1 is 1.39 bits per heavy atom. The topological polar surface area (TPSA) is 33.6 Å². The fourth-order valence-corrected chi connectivity index (χ4v) is 5.69. The molecule has 3 aliphatic heterocycles. The van der Waals surface area contributed by atoms with Gasteiger partial charge in [0.15, 0.2) is 0 Å². The monoisotopic (exact) mass is 350 g/mol. The van der Waals surface area contributed by atoms with Gasteiger partial charge in [-0.1, -0.05) is 11.6 Å². The number of thiophene rings is 1. The van der Waals surface area contributed by atoms with E-state index >= 15 is 0 Å². The molecule has 3 atom stereocenters. The molecular weight excluding hydrogens is 328 g/mol. The Balaban J connectivity index is 1.67. The van der Waals surface area contributed by atoms with Crippen molar-refractivity contribution in [3.63, 3.8) is 0 Å². The molecule has 124 valence electrons. The molecule has 1 aromatic heterocycles. The number of aliphatic imine (C=N–C) groups is 1. The molecular formula is C18H23ClN2OS. The molecule has 0 bridgehead atoms. The molecule has 3 nitrogen and oxygen atoms in total. The van der Waals surface area contributed by atoms with Gasteiger partial charge < -0.3 is 10.1 Å². The van der Waals surface area contributed by atoms with E-state index in [1.165, 1.54) is 27.4 Å². The number of hydrogen-bond acceptors (Lipinski definition) is 4. The SMILES string of the molecule is CC1=C(C)N=C(C2CC3(CC(C)N2)OCCc2cc(Cl)sc23)C1. The minimum absolute atomic E-state index is 0.187. The van der Waals surface area contributed by atoms with Crippen molar-refractivity contribution in [3.8, 4) is 0 Å². The highest BCUT2D eigenvalue weighted by Gasteiger charge is 2.47. The number of allylic oxidation sites excluding steroid dienone is 2. The van der Waals surface area contributed by atoms with Gasteiger partial charge in [-0.15, -0.1) is 11.3 Å². The molecule has 0 aliphatic carbocycles. The zero-order chi connectivity index (χ0) is 16.2. The summed E-state index contributed by atoms with van der Waals surface area (Å²) in [5.41, 5.74) is 5.03. The van der Waals surface area contributed by atoms with Gasteiger partial charge >= 0.3 is 0 Å². The number of rotatable bonds is 1. The number of ether oxygens (including phenoxy) is 1. The van der Waals surface area contributed by atoms with Crippen LogP contribution >= 0.6 is 22.9 Å². The van der Waals surface area contributed by atoms with Gasteiger partial charge in [0.05, 0.1) is 10.9 Å². The maximum Gasteiger partial charge on any atom is 0.106 e. The van der Waals surface area contributed by atoms with Gasteiger partial charge in [0.25, 0.3) is 0 Å². The number of fused-ring (bicyclic) bond motifs is 2. The molecule has 0 amide bonds. The van der Waals surface area contributed by atoms with Crippen LogP contribution in [0.4, 0.5) is 0 Å². The summed E-state index contributed by atoms with van der Waals surface area (Å²) in [5, 5.41) is 3.74. The van der Waals surface area contributed by atoms with E-state index in [0.29, 0.717) is 6.04 Å². The smallest absolute Gasteiger partial charge is 0.106 e. The van der Waals surface area contributed by atoms with Crippen molar-refractivity contribution in [2.45, 2.75) is 64.1 Å². The average Bonchev–Trinajstić information content (AvgIpc) is 3.02. The molecule has 4 rings (SSSR count). The van der Waals surface area contributed by atoms with Crippen molar-refractivity contribution in [1.29, 1.82) is 0 Å². The minimum atomic E-state index is -0.187. The van der Waals surface area contributed by atoms with Crippen LogP contribution in [0.3, 0.4) is 0 Å². The summed E-state index contributed by atoms with van der Waals surface area (Å²) in [6.45, 7) is 7.34. The van der Waals surface area contributed by atoms with E-state index in [-0.39, 0.29) is 11.6 Å². The van der Waals surface area contributed by atoms with Crippen LogP contribution < -0.4 is 5.32 Å². The number of nitrogens with zero attached hydrogens (tertiary/aromatic N) is 1. The number of nitrogens with one attached hydrogen (secondary N) is 1.